The molecule has 4 rings (SSSR count). The van der Waals surface area contributed by atoms with Crippen LogP contribution < -0.4 is 15.4 Å². The van der Waals surface area contributed by atoms with Gasteiger partial charge in [0, 0.05) is 11.3 Å². The molecule has 0 aromatic heterocycles. The van der Waals surface area contributed by atoms with Crippen molar-refractivity contribution in [3.8, 4) is 5.75 Å². The van der Waals surface area contributed by atoms with Gasteiger partial charge in [0.15, 0.2) is 11.7 Å². The number of thiocarbonyl (C=S) groups is 1. The Kier molecular flexibility index (Phi) is 7.84. The van der Waals surface area contributed by atoms with Crippen molar-refractivity contribution < 1.29 is 19.1 Å². The molecular weight excluding hydrogens is 462 g/mol. The number of nitrogens with one attached hydrogen (secondary N) is 2. The molecule has 2 N–H and O–H groups in total. The molecule has 0 saturated carbocycles. The van der Waals surface area contributed by atoms with Gasteiger partial charge in [0.2, 0.25) is 0 Å². The lowest BCUT2D eigenvalue weighted by atomic mass is 9.84. The smallest absolute Gasteiger partial charge is 0.317 e. The summed E-state index contributed by atoms with van der Waals surface area (Å²) < 4.78 is 11.3. The number of carbonyl (C=O) groups is 2. The average Bonchev–Trinajstić information content (AvgIpc) is 2.88. The van der Waals surface area contributed by atoms with Crippen LogP contribution in [0, 0.1) is 5.92 Å². The Hall–Kier alpha value is -4.04. The molecule has 1 heterocycles. The van der Waals surface area contributed by atoms with Gasteiger partial charge < -0.3 is 20.1 Å². The summed E-state index contributed by atoms with van der Waals surface area (Å²) in [6.45, 7) is 1.79. The lowest BCUT2D eigenvalue weighted by molar-refractivity contribution is -0.146. The summed E-state index contributed by atoms with van der Waals surface area (Å²) >= 11 is 5.43. The number of rotatable bonds is 8. The van der Waals surface area contributed by atoms with Crippen LogP contribution in [-0.4, -0.2) is 35.9 Å². The maximum atomic E-state index is 13.2. The molecule has 3 aromatic carbocycles. The molecule has 0 spiro atoms. The van der Waals surface area contributed by atoms with E-state index in [4.69, 9.17) is 21.7 Å². The largest absolute Gasteiger partial charge is 0.483 e. The number of carbonyl (C=O) groups excluding carboxylic acids is 2. The first-order chi connectivity index (χ1) is 17.1. The van der Waals surface area contributed by atoms with Crippen molar-refractivity contribution in [2.75, 3.05) is 18.5 Å². The molecule has 35 heavy (non-hydrogen) atoms. The molecule has 0 saturated heterocycles. The lowest BCUT2D eigenvalue weighted by Gasteiger charge is -2.33. The quantitative estimate of drug-likeness (QED) is 0.364. The second-order valence-corrected chi connectivity index (χ2v) is 8.15. The van der Waals surface area contributed by atoms with Crippen LogP contribution in [0.5, 0.6) is 5.75 Å². The Balaban J connectivity index is 1.62. The van der Waals surface area contributed by atoms with Gasteiger partial charge in [0.25, 0.3) is 5.91 Å². The fraction of sp³-hybridized carbons (Fsp3) is 0.185. The summed E-state index contributed by atoms with van der Waals surface area (Å²) in [5, 5.41) is 6.20. The number of amides is 1. The van der Waals surface area contributed by atoms with Crippen LogP contribution in [0.4, 0.5) is 5.69 Å². The first-order valence-corrected chi connectivity index (χ1v) is 11.7. The Bertz CT molecular complexity index is 1230. The number of para-hydroxylation sites is 2. The molecule has 178 valence electrons. The number of aliphatic imine (C=N–C) groups is 1. The summed E-state index contributed by atoms with van der Waals surface area (Å²) in [5.41, 5.74) is 2.65. The number of nitrogens with zero attached hydrogens (tertiary/aromatic N) is 1. The van der Waals surface area contributed by atoms with Crippen LogP contribution in [-0.2, 0) is 14.3 Å². The number of hydrogen-bond donors (Lipinski definition) is 2. The first kappa shape index (κ1) is 24.1. The molecule has 0 fully saturated rings. The number of ether oxygens (including phenoxy) is 2. The zero-order valence-electron chi connectivity index (χ0n) is 19.1. The monoisotopic (exact) mass is 487 g/mol. The van der Waals surface area contributed by atoms with Crippen LogP contribution in [0.1, 0.15) is 24.1 Å². The summed E-state index contributed by atoms with van der Waals surface area (Å²) in [6.07, 6.45) is 0. The number of hydrogen-bond acceptors (Lipinski definition) is 5. The van der Waals surface area contributed by atoms with Gasteiger partial charge in [0.1, 0.15) is 11.7 Å². The van der Waals surface area contributed by atoms with Crippen molar-refractivity contribution in [2.24, 2.45) is 10.9 Å². The number of esters is 1. The molecule has 8 heteroatoms. The topological polar surface area (TPSA) is 89.0 Å². The van der Waals surface area contributed by atoms with E-state index in [0.29, 0.717) is 22.7 Å². The summed E-state index contributed by atoms with van der Waals surface area (Å²) in [7, 11) is 0. The number of benzene rings is 3. The van der Waals surface area contributed by atoms with E-state index < -0.39 is 17.9 Å². The minimum absolute atomic E-state index is 0.202. The molecule has 7 nitrogen and oxygen atoms in total. The third-order valence-electron chi connectivity index (χ3n) is 5.41. The molecule has 1 aliphatic rings. The second-order valence-electron chi connectivity index (χ2n) is 7.76. The van der Waals surface area contributed by atoms with Crippen molar-refractivity contribution >= 4 is 40.6 Å². The van der Waals surface area contributed by atoms with Crippen molar-refractivity contribution in [3.63, 3.8) is 0 Å². The van der Waals surface area contributed by atoms with Crippen molar-refractivity contribution in [1.82, 2.24) is 5.32 Å². The van der Waals surface area contributed by atoms with Crippen molar-refractivity contribution in [3.05, 3.63) is 96.1 Å². The Morgan fingerprint density at radius 3 is 2.34 bits per heavy atom. The van der Waals surface area contributed by atoms with E-state index in [1.807, 2.05) is 60.7 Å². The van der Waals surface area contributed by atoms with Gasteiger partial charge in [-0.1, -0.05) is 66.7 Å². The highest BCUT2D eigenvalue weighted by Gasteiger charge is 2.40. The predicted octanol–water partition coefficient (Wildman–Crippen LogP) is 4.30. The Morgan fingerprint density at radius 1 is 0.971 bits per heavy atom. The molecule has 2 unspecified atom stereocenters. The summed E-state index contributed by atoms with van der Waals surface area (Å²) in [5.74, 6) is -1.04. The lowest BCUT2D eigenvalue weighted by Crippen LogP contribution is -2.45. The predicted molar refractivity (Wildman–Crippen MR) is 139 cm³/mol. The highest BCUT2D eigenvalue weighted by atomic mass is 32.1. The standard InChI is InChI=1S/C27H25N3O4S/c1-2-33-26(32)23-24(18-11-5-3-6-12-18)29-27(35)30-25(23)20-15-9-10-16-21(20)34-17-22(31)28-19-13-7-4-8-14-19/h3-16,23,25H,2,17H2,1H3,(H,28,31)(H,30,35). The van der Waals surface area contributed by atoms with E-state index in [1.54, 1.807) is 31.2 Å². The van der Waals surface area contributed by atoms with Crippen LogP contribution in [0.25, 0.3) is 0 Å². The van der Waals surface area contributed by atoms with E-state index in [1.165, 1.54) is 0 Å². The van der Waals surface area contributed by atoms with Gasteiger partial charge in [-0.15, -0.1) is 0 Å². The van der Waals surface area contributed by atoms with Crippen LogP contribution in [0.3, 0.4) is 0 Å². The Labute approximate surface area is 209 Å². The molecule has 0 radical (unpaired) electrons. The molecule has 0 aliphatic carbocycles. The minimum atomic E-state index is -0.771. The van der Waals surface area contributed by atoms with Crippen molar-refractivity contribution in [1.29, 1.82) is 0 Å². The molecular formula is C27H25N3O4S. The highest BCUT2D eigenvalue weighted by molar-refractivity contribution is 7.80. The molecule has 2 atom stereocenters. The number of anilines is 1. The fourth-order valence-electron chi connectivity index (χ4n) is 3.91. The van der Waals surface area contributed by atoms with E-state index in [0.717, 1.165) is 5.56 Å². The van der Waals surface area contributed by atoms with Gasteiger partial charge in [-0.05, 0) is 42.9 Å². The van der Waals surface area contributed by atoms with Crippen molar-refractivity contribution in [2.45, 2.75) is 13.0 Å². The van der Waals surface area contributed by atoms with E-state index in [2.05, 4.69) is 15.6 Å². The first-order valence-electron chi connectivity index (χ1n) is 11.2. The minimum Gasteiger partial charge on any atom is -0.483 e. The third-order valence-corrected chi connectivity index (χ3v) is 5.62. The molecule has 0 bridgehead atoms. The summed E-state index contributed by atoms with van der Waals surface area (Å²) in [4.78, 5) is 30.1. The zero-order chi connectivity index (χ0) is 24.6. The van der Waals surface area contributed by atoms with Gasteiger partial charge in [-0.2, -0.15) is 0 Å². The normalized spacial score (nSPS) is 17.1. The molecule has 3 aromatic rings. The van der Waals surface area contributed by atoms with Gasteiger partial charge in [0.05, 0.1) is 18.4 Å². The average molecular weight is 488 g/mol. The third kappa shape index (κ3) is 5.91. The maximum Gasteiger partial charge on any atom is 0.317 e. The van der Waals surface area contributed by atoms with Crippen LogP contribution in [0.15, 0.2) is 89.9 Å². The second kappa shape index (κ2) is 11.4. The van der Waals surface area contributed by atoms with Gasteiger partial charge in [-0.25, -0.2) is 4.99 Å². The van der Waals surface area contributed by atoms with Gasteiger partial charge in [-0.3, -0.25) is 9.59 Å². The van der Waals surface area contributed by atoms with Crippen LogP contribution >= 0.6 is 12.2 Å². The van der Waals surface area contributed by atoms with E-state index in [-0.39, 0.29) is 24.2 Å². The zero-order valence-corrected chi connectivity index (χ0v) is 20.0. The maximum absolute atomic E-state index is 13.2. The molecule has 1 aliphatic heterocycles. The highest BCUT2D eigenvalue weighted by Crippen LogP contribution is 2.35. The molecule has 1 amide bonds. The Morgan fingerprint density at radius 2 is 1.63 bits per heavy atom. The van der Waals surface area contributed by atoms with E-state index in [9.17, 15) is 9.59 Å². The fourth-order valence-corrected chi connectivity index (χ4v) is 4.13. The SMILES string of the molecule is CCOC(=O)C1C(c2ccccc2)=NC(=S)NC1c1ccccc1OCC(=O)Nc1ccccc1. The van der Waals surface area contributed by atoms with Crippen LogP contribution in [0.2, 0.25) is 0 Å². The summed E-state index contributed by atoms with van der Waals surface area (Å²) in [6, 6.07) is 25.2. The van der Waals surface area contributed by atoms with Gasteiger partial charge >= 0.3 is 5.97 Å². The van der Waals surface area contributed by atoms with E-state index >= 15 is 0 Å².